The molecule has 7 heteroatoms. The third-order valence-corrected chi connectivity index (χ3v) is 2.93. The van der Waals surface area contributed by atoms with Gasteiger partial charge < -0.3 is 5.11 Å². The molecule has 0 bridgehead atoms. The Labute approximate surface area is 104 Å². The largest absolute Gasteiger partial charge is 0.476 e. The lowest BCUT2D eigenvalue weighted by Gasteiger charge is -2.14. The third-order valence-electron chi connectivity index (χ3n) is 2.29. The van der Waals surface area contributed by atoms with Crippen LogP contribution in [0.4, 0.5) is 5.82 Å². The van der Waals surface area contributed by atoms with E-state index in [9.17, 15) is 14.4 Å². The molecule has 1 N–H and O–H groups in total. The second-order valence-electron chi connectivity index (χ2n) is 3.50. The van der Waals surface area contributed by atoms with Gasteiger partial charge in [-0.15, -0.1) is 0 Å². The molecule has 1 aromatic heterocycles. The van der Waals surface area contributed by atoms with Crippen molar-refractivity contribution in [3.8, 4) is 0 Å². The molecule has 0 unspecified atom stereocenters. The van der Waals surface area contributed by atoms with Crippen LogP contribution in [0.25, 0.3) is 0 Å². The Morgan fingerprint density at radius 3 is 2.65 bits per heavy atom. The number of aromatic nitrogens is 1. The van der Waals surface area contributed by atoms with Crippen molar-refractivity contribution in [3.63, 3.8) is 0 Å². The van der Waals surface area contributed by atoms with Gasteiger partial charge >= 0.3 is 5.97 Å². The summed E-state index contributed by atoms with van der Waals surface area (Å²) in [6.07, 6.45) is -0.153. The van der Waals surface area contributed by atoms with Crippen molar-refractivity contribution in [2.45, 2.75) is 6.42 Å². The number of pyridine rings is 1. The number of rotatable bonds is 2. The summed E-state index contributed by atoms with van der Waals surface area (Å²) in [5.74, 6) is -1.57. The highest BCUT2D eigenvalue weighted by atomic mass is 79.9. The number of halogens is 1. The van der Waals surface area contributed by atoms with Crippen molar-refractivity contribution in [1.29, 1.82) is 0 Å². The van der Waals surface area contributed by atoms with Gasteiger partial charge in [-0.2, -0.15) is 0 Å². The molecule has 0 atom stereocenters. The number of nitrogens with zero attached hydrogens (tertiary/aromatic N) is 2. The van der Waals surface area contributed by atoms with Crippen LogP contribution in [0.1, 0.15) is 16.9 Å². The average molecular weight is 299 g/mol. The summed E-state index contributed by atoms with van der Waals surface area (Å²) in [5.41, 5.74) is -0.186. The standard InChI is InChI=1S/C10H7BrN2O4/c11-6-1-2-7(12-9(6)10(16)17)13-4-5(14)3-8(13)15/h1-2H,3-4H2,(H,16,17). The van der Waals surface area contributed by atoms with E-state index in [1.807, 2.05) is 0 Å². The maximum atomic E-state index is 11.5. The second-order valence-corrected chi connectivity index (χ2v) is 4.35. The van der Waals surface area contributed by atoms with Gasteiger partial charge in [-0.3, -0.25) is 14.5 Å². The number of carboxylic acid groups (broad SMARTS) is 1. The number of hydrogen-bond acceptors (Lipinski definition) is 4. The molecule has 1 amide bonds. The summed E-state index contributed by atoms with van der Waals surface area (Å²) < 4.78 is 0.326. The number of anilines is 1. The fourth-order valence-electron chi connectivity index (χ4n) is 1.53. The molecule has 0 radical (unpaired) electrons. The Balaban J connectivity index is 2.40. The molecule has 0 aliphatic carbocycles. The summed E-state index contributed by atoms with van der Waals surface area (Å²) >= 11 is 3.05. The topological polar surface area (TPSA) is 87.6 Å². The zero-order chi connectivity index (χ0) is 12.6. The predicted octanol–water partition coefficient (Wildman–Crippen LogP) is 0.848. The van der Waals surface area contributed by atoms with Crippen molar-refractivity contribution in [2.75, 3.05) is 11.4 Å². The molecule has 88 valence electrons. The highest BCUT2D eigenvalue weighted by molar-refractivity contribution is 9.10. The first kappa shape index (κ1) is 11.7. The van der Waals surface area contributed by atoms with Gasteiger partial charge in [-0.05, 0) is 28.1 Å². The van der Waals surface area contributed by atoms with Gasteiger partial charge in [0.05, 0.1) is 17.4 Å². The molecule has 17 heavy (non-hydrogen) atoms. The lowest BCUT2D eigenvalue weighted by molar-refractivity contribution is -0.121. The van der Waals surface area contributed by atoms with Gasteiger partial charge in [0.1, 0.15) is 5.82 Å². The second kappa shape index (κ2) is 4.25. The first-order valence-electron chi connectivity index (χ1n) is 4.71. The minimum atomic E-state index is -1.20. The Morgan fingerprint density at radius 1 is 1.41 bits per heavy atom. The van der Waals surface area contributed by atoms with Crippen LogP contribution in [0, 0.1) is 0 Å². The van der Waals surface area contributed by atoms with Crippen molar-refractivity contribution >= 4 is 39.4 Å². The molecular formula is C10H7BrN2O4. The van der Waals surface area contributed by atoms with Crippen LogP contribution in [-0.4, -0.2) is 34.3 Å². The number of carbonyl (C=O) groups excluding carboxylic acids is 2. The average Bonchev–Trinajstić information content (AvgIpc) is 2.58. The van der Waals surface area contributed by atoms with E-state index in [1.165, 1.54) is 17.0 Å². The number of ketones is 1. The van der Waals surface area contributed by atoms with E-state index in [1.54, 1.807) is 0 Å². The fourth-order valence-corrected chi connectivity index (χ4v) is 1.92. The van der Waals surface area contributed by atoms with E-state index >= 15 is 0 Å². The van der Waals surface area contributed by atoms with E-state index in [2.05, 4.69) is 20.9 Å². The molecule has 0 spiro atoms. The Morgan fingerprint density at radius 2 is 2.12 bits per heavy atom. The summed E-state index contributed by atoms with van der Waals surface area (Å²) in [7, 11) is 0. The lowest BCUT2D eigenvalue weighted by Crippen LogP contribution is -2.26. The number of Topliss-reactive ketones (excluding diaryl/α,β-unsaturated/α-hetero) is 1. The van der Waals surface area contributed by atoms with Crippen LogP contribution in [-0.2, 0) is 9.59 Å². The maximum absolute atomic E-state index is 11.5. The molecule has 1 aliphatic rings. The fraction of sp³-hybridized carbons (Fsp3) is 0.200. The van der Waals surface area contributed by atoms with Crippen molar-refractivity contribution < 1.29 is 19.5 Å². The van der Waals surface area contributed by atoms with E-state index in [-0.39, 0.29) is 36.2 Å². The Hall–Kier alpha value is -1.76. The Bertz CT molecular complexity index is 529. The molecule has 1 aliphatic heterocycles. The van der Waals surface area contributed by atoms with Gasteiger partial charge in [0.15, 0.2) is 11.5 Å². The number of aromatic carboxylic acids is 1. The summed E-state index contributed by atoms with van der Waals surface area (Å²) in [5, 5.41) is 8.89. The van der Waals surface area contributed by atoms with E-state index in [0.29, 0.717) is 4.47 Å². The van der Waals surface area contributed by atoms with Gasteiger partial charge in [-0.1, -0.05) is 0 Å². The first-order chi connectivity index (χ1) is 7.99. The number of amides is 1. The number of carbonyl (C=O) groups is 3. The van der Waals surface area contributed by atoms with Crippen LogP contribution in [0.5, 0.6) is 0 Å². The van der Waals surface area contributed by atoms with Gasteiger partial charge in [0.2, 0.25) is 5.91 Å². The van der Waals surface area contributed by atoms with Crippen LogP contribution >= 0.6 is 15.9 Å². The first-order valence-corrected chi connectivity index (χ1v) is 5.50. The SMILES string of the molecule is O=C1CC(=O)N(c2ccc(Br)c(C(=O)O)n2)C1. The minimum Gasteiger partial charge on any atom is -0.476 e. The predicted molar refractivity (Wildman–Crippen MR) is 60.9 cm³/mol. The van der Waals surface area contributed by atoms with Crippen LogP contribution in [0.2, 0.25) is 0 Å². The normalized spacial score (nSPS) is 15.5. The molecular weight excluding hydrogens is 292 g/mol. The quantitative estimate of drug-likeness (QED) is 0.818. The molecule has 2 rings (SSSR count). The van der Waals surface area contributed by atoms with Gasteiger partial charge in [0.25, 0.3) is 0 Å². The minimum absolute atomic E-state index is 0.0491. The number of carboxylic acids is 1. The molecule has 1 saturated heterocycles. The maximum Gasteiger partial charge on any atom is 0.355 e. The van der Waals surface area contributed by atoms with E-state index in [0.717, 1.165) is 0 Å². The molecule has 0 aromatic carbocycles. The third kappa shape index (κ3) is 2.19. The zero-order valence-electron chi connectivity index (χ0n) is 8.51. The molecule has 1 aromatic rings. The Kier molecular flexibility index (Phi) is 2.93. The van der Waals surface area contributed by atoms with Crippen LogP contribution in [0.3, 0.4) is 0 Å². The highest BCUT2D eigenvalue weighted by Crippen LogP contribution is 2.22. The monoisotopic (exact) mass is 298 g/mol. The summed E-state index contributed by atoms with van der Waals surface area (Å²) in [4.78, 5) is 38.5. The number of hydrogen-bond donors (Lipinski definition) is 1. The van der Waals surface area contributed by atoms with Crippen molar-refractivity contribution in [2.24, 2.45) is 0 Å². The van der Waals surface area contributed by atoms with Crippen LogP contribution < -0.4 is 4.90 Å². The summed E-state index contributed by atoms with van der Waals surface area (Å²) in [6, 6.07) is 2.98. The highest BCUT2D eigenvalue weighted by Gasteiger charge is 2.30. The molecule has 6 nitrogen and oxygen atoms in total. The smallest absolute Gasteiger partial charge is 0.355 e. The zero-order valence-corrected chi connectivity index (χ0v) is 10.1. The van der Waals surface area contributed by atoms with Crippen LogP contribution in [0.15, 0.2) is 16.6 Å². The molecule has 0 saturated carbocycles. The van der Waals surface area contributed by atoms with Gasteiger partial charge in [-0.25, -0.2) is 9.78 Å². The molecule has 2 heterocycles. The van der Waals surface area contributed by atoms with E-state index < -0.39 is 5.97 Å². The lowest BCUT2D eigenvalue weighted by atomic mass is 10.3. The van der Waals surface area contributed by atoms with Crippen molar-refractivity contribution in [1.82, 2.24) is 4.98 Å². The van der Waals surface area contributed by atoms with Gasteiger partial charge in [0, 0.05) is 0 Å². The van der Waals surface area contributed by atoms with E-state index in [4.69, 9.17) is 5.11 Å². The molecule has 1 fully saturated rings. The van der Waals surface area contributed by atoms with Crippen molar-refractivity contribution in [3.05, 3.63) is 22.3 Å². The summed E-state index contributed by atoms with van der Waals surface area (Å²) in [6.45, 7) is -0.0491.